The topological polar surface area (TPSA) is 103 Å². The lowest BCUT2D eigenvalue weighted by molar-refractivity contribution is -0.138. The summed E-state index contributed by atoms with van der Waals surface area (Å²) in [5.74, 6) is -1.24. The quantitative estimate of drug-likeness (QED) is 0.505. The molecule has 0 aliphatic carbocycles. The number of hydrogen-bond acceptors (Lipinski definition) is 5. The third kappa shape index (κ3) is 4.97. The number of pyridine rings is 1. The number of benzene rings is 2. The molecule has 1 aromatic heterocycles. The summed E-state index contributed by atoms with van der Waals surface area (Å²) in [6.07, 6.45) is 2.95. The van der Waals surface area contributed by atoms with Gasteiger partial charge < -0.3 is 15.6 Å². The van der Waals surface area contributed by atoms with Crippen molar-refractivity contribution in [2.75, 3.05) is 0 Å². The molecule has 0 saturated carbocycles. The number of hydrogen-bond donors (Lipinski definition) is 2. The van der Waals surface area contributed by atoms with E-state index in [0.29, 0.717) is 26.7 Å². The Morgan fingerprint density at radius 2 is 1.77 bits per heavy atom. The van der Waals surface area contributed by atoms with Crippen LogP contribution in [0.25, 0.3) is 0 Å². The van der Waals surface area contributed by atoms with E-state index in [1.807, 2.05) is 0 Å². The summed E-state index contributed by atoms with van der Waals surface area (Å²) in [7, 11) is 0. The second-order valence-corrected chi connectivity index (χ2v) is 7.31. The number of carbonyl (C=O) groups is 2. The van der Waals surface area contributed by atoms with E-state index in [4.69, 9.17) is 33.7 Å². The summed E-state index contributed by atoms with van der Waals surface area (Å²) in [6.45, 7) is 0.0280. The van der Waals surface area contributed by atoms with Gasteiger partial charge in [-0.15, -0.1) is 0 Å². The number of carbonyl (C=O) groups excluding carboxylic acids is 1. The molecule has 0 bridgehead atoms. The molecular weight excluding hydrogens is 427 g/mol. The number of aromatic nitrogens is 1. The Labute approximate surface area is 183 Å². The normalized spacial score (nSPS) is 11.7. The highest BCUT2D eigenvalue weighted by atomic mass is 35.5. The van der Waals surface area contributed by atoms with E-state index in [0.717, 1.165) is 0 Å². The molecule has 3 N–H and O–H groups in total. The maximum absolute atomic E-state index is 13.2. The molecule has 1 atom stereocenters. The fourth-order valence-electron chi connectivity index (χ4n) is 2.91. The van der Waals surface area contributed by atoms with Crippen LogP contribution in [0.15, 0.2) is 60.9 Å². The number of rotatable bonds is 8. The number of carboxylic acid groups (broad SMARTS) is 1. The first-order valence-electron chi connectivity index (χ1n) is 8.99. The van der Waals surface area contributed by atoms with Crippen molar-refractivity contribution >= 4 is 35.0 Å². The molecule has 6 nitrogen and oxygen atoms in total. The number of carboxylic acids is 1. The fraction of sp³-hybridized carbons (Fsp3) is 0.136. The Morgan fingerprint density at radius 3 is 2.40 bits per heavy atom. The van der Waals surface area contributed by atoms with E-state index >= 15 is 0 Å². The molecule has 1 heterocycles. The average Bonchev–Trinajstić information content (AvgIpc) is 2.73. The van der Waals surface area contributed by atoms with E-state index in [9.17, 15) is 14.7 Å². The van der Waals surface area contributed by atoms with E-state index in [-0.39, 0.29) is 30.1 Å². The van der Waals surface area contributed by atoms with Crippen molar-refractivity contribution in [2.24, 2.45) is 5.73 Å². The van der Waals surface area contributed by atoms with Gasteiger partial charge in [0.05, 0.1) is 5.56 Å². The zero-order valence-corrected chi connectivity index (χ0v) is 17.2. The van der Waals surface area contributed by atoms with Gasteiger partial charge in [-0.3, -0.25) is 14.6 Å². The van der Waals surface area contributed by atoms with Crippen LogP contribution in [0.2, 0.25) is 10.0 Å². The number of ketones is 1. The van der Waals surface area contributed by atoms with Crippen LogP contribution in [0.3, 0.4) is 0 Å². The van der Waals surface area contributed by atoms with Gasteiger partial charge in [-0.05, 0) is 42.3 Å². The molecule has 154 valence electrons. The minimum absolute atomic E-state index is 0.0280. The van der Waals surface area contributed by atoms with Crippen molar-refractivity contribution in [3.8, 4) is 5.75 Å². The molecule has 0 amide bonds. The maximum atomic E-state index is 13.2. The Balaban J connectivity index is 2.01. The SMILES string of the molecule is NC(Cc1cccc(OCc2c(Cl)cccc2Cl)c1C(=O)c1cccnc1)C(=O)O. The van der Waals surface area contributed by atoms with Gasteiger partial charge in [-0.25, -0.2) is 0 Å². The predicted octanol–water partition coefficient (Wildman–Crippen LogP) is 4.15. The van der Waals surface area contributed by atoms with Crippen LogP contribution < -0.4 is 10.5 Å². The highest BCUT2D eigenvalue weighted by Gasteiger charge is 2.23. The van der Waals surface area contributed by atoms with Crippen LogP contribution in [0.5, 0.6) is 5.75 Å². The standard InChI is InChI=1S/C22H18Cl2N2O4/c23-16-6-2-7-17(24)15(16)12-30-19-8-1-4-13(10-18(25)22(28)29)20(19)21(27)14-5-3-9-26-11-14/h1-9,11,18H,10,12,25H2,(H,28,29). The Morgan fingerprint density at radius 1 is 1.07 bits per heavy atom. The second kappa shape index (κ2) is 9.71. The minimum atomic E-state index is -1.17. The van der Waals surface area contributed by atoms with Crippen molar-refractivity contribution in [1.82, 2.24) is 4.98 Å². The highest BCUT2D eigenvalue weighted by molar-refractivity contribution is 6.35. The Kier molecular flexibility index (Phi) is 7.05. The Bertz CT molecular complexity index is 1050. The van der Waals surface area contributed by atoms with Crippen molar-refractivity contribution in [2.45, 2.75) is 19.1 Å². The fourth-order valence-corrected chi connectivity index (χ4v) is 3.42. The van der Waals surface area contributed by atoms with Gasteiger partial charge in [-0.2, -0.15) is 0 Å². The molecule has 0 spiro atoms. The number of halogens is 2. The van der Waals surface area contributed by atoms with Crippen LogP contribution >= 0.6 is 23.2 Å². The number of nitrogens with zero attached hydrogens (tertiary/aromatic N) is 1. The zero-order chi connectivity index (χ0) is 21.7. The molecule has 30 heavy (non-hydrogen) atoms. The summed E-state index contributed by atoms with van der Waals surface area (Å²) in [4.78, 5) is 28.5. The second-order valence-electron chi connectivity index (χ2n) is 6.50. The average molecular weight is 445 g/mol. The molecule has 0 aliphatic heterocycles. The van der Waals surface area contributed by atoms with Gasteiger partial charge in [-0.1, -0.05) is 41.4 Å². The first-order chi connectivity index (χ1) is 14.4. The molecule has 3 aromatic rings. The lowest BCUT2D eigenvalue weighted by Crippen LogP contribution is -2.32. The van der Waals surface area contributed by atoms with Crippen molar-refractivity contribution in [3.63, 3.8) is 0 Å². The van der Waals surface area contributed by atoms with Gasteiger partial charge in [0.25, 0.3) is 0 Å². The molecule has 1 unspecified atom stereocenters. The number of aliphatic carboxylic acids is 1. The predicted molar refractivity (Wildman–Crippen MR) is 114 cm³/mol. The van der Waals surface area contributed by atoms with Crippen molar-refractivity contribution < 1.29 is 19.4 Å². The van der Waals surface area contributed by atoms with Gasteiger partial charge in [0.1, 0.15) is 18.4 Å². The van der Waals surface area contributed by atoms with Gasteiger partial charge in [0.15, 0.2) is 5.78 Å². The number of ether oxygens (including phenoxy) is 1. The van der Waals surface area contributed by atoms with E-state index < -0.39 is 12.0 Å². The highest BCUT2D eigenvalue weighted by Crippen LogP contribution is 2.30. The first-order valence-corrected chi connectivity index (χ1v) is 9.74. The smallest absolute Gasteiger partial charge is 0.320 e. The van der Waals surface area contributed by atoms with Crippen LogP contribution in [-0.2, 0) is 17.8 Å². The lowest BCUT2D eigenvalue weighted by atomic mass is 9.94. The third-order valence-electron chi connectivity index (χ3n) is 4.45. The van der Waals surface area contributed by atoms with Crippen molar-refractivity contribution in [1.29, 1.82) is 0 Å². The van der Waals surface area contributed by atoms with Gasteiger partial charge >= 0.3 is 5.97 Å². The van der Waals surface area contributed by atoms with Crippen LogP contribution in [-0.4, -0.2) is 27.9 Å². The number of nitrogens with two attached hydrogens (primary N) is 1. The van der Waals surface area contributed by atoms with Gasteiger partial charge in [0.2, 0.25) is 0 Å². The largest absolute Gasteiger partial charge is 0.488 e. The van der Waals surface area contributed by atoms with E-state index in [1.165, 1.54) is 6.20 Å². The molecule has 8 heteroatoms. The molecule has 3 rings (SSSR count). The summed E-state index contributed by atoms with van der Waals surface area (Å²) >= 11 is 12.4. The summed E-state index contributed by atoms with van der Waals surface area (Å²) in [6, 6.07) is 12.2. The van der Waals surface area contributed by atoms with Crippen LogP contribution in [0, 0.1) is 0 Å². The zero-order valence-electron chi connectivity index (χ0n) is 15.7. The molecule has 0 aliphatic rings. The lowest BCUT2D eigenvalue weighted by Gasteiger charge is -2.17. The van der Waals surface area contributed by atoms with Crippen LogP contribution in [0.1, 0.15) is 27.0 Å². The third-order valence-corrected chi connectivity index (χ3v) is 5.16. The molecule has 0 saturated heterocycles. The molecule has 0 fully saturated rings. The molecule has 0 radical (unpaired) electrons. The van der Waals surface area contributed by atoms with Crippen LogP contribution in [0.4, 0.5) is 0 Å². The molecular formula is C22H18Cl2N2O4. The van der Waals surface area contributed by atoms with E-state index in [1.54, 1.807) is 54.7 Å². The summed E-state index contributed by atoms with van der Waals surface area (Å²) in [5, 5.41) is 10.1. The van der Waals surface area contributed by atoms with E-state index in [2.05, 4.69) is 4.98 Å². The Hall–Kier alpha value is -2.93. The maximum Gasteiger partial charge on any atom is 0.320 e. The minimum Gasteiger partial charge on any atom is -0.488 e. The monoisotopic (exact) mass is 444 g/mol. The first kappa shape index (κ1) is 21.8. The van der Waals surface area contributed by atoms with Gasteiger partial charge in [0, 0.05) is 33.6 Å². The molecule has 2 aromatic carbocycles. The van der Waals surface area contributed by atoms with Crippen molar-refractivity contribution in [3.05, 3.63) is 93.2 Å². The summed E-state index contributed by atoms with van der Waals surface area (Å²) < 4.78 is 5.91. The summed E-state index contributed by atoms with van der Waals surface area (Å²) in [5.41, 5.74) is 7.32.